The van der Waals surface area contributed by atoms with Crippen molar-refractivity contribution < 1.29 is 0 Å². The van der Waals surface area contributed by atoms with Crippen LogP contribution in [0.25, 0.3) is 199 Å². The van der Waals surface area contributed by atoms with Gasteiger partial charge in [-0.2, -0.15) is 0 Å². The third-order valence-corrected chi connectivity index (χ3v) is 19.8. The van der Waals surface area contributed by atoms with E-state index in [1.54, 1.807) is 6.20 Å². The van der Waals surface area contributed by atoms with Crippen LogP contribution in [-0.4, -0.2) is 39.9 Å². The van der Waals surface area contributed by atoms with E-state index >= 15 is 0 Å². The van der Waals surface area contributed by atoms with Crippen LogP contribution in [0.15, 0.2) is 364 Å². The first-order chi connectivity index (χ1) is 51.5. The summed E-state index contributed by atoms with van der Waals surface area (Å²) in [6, 6.07) is 125. The summed E-state index contributed by atoms with van der Waals surface area (Å²) in [6.45, 7) is 0. The first-order valence-electron chi connectivity index (χ1n) is 34.9. The lowest BCUT2D eigenvalue weighted by molar-refractivity contribution is 1.23. The molecule has 0 aliphatic carbocycles. The Bertz CT molecular complexity index is 6730. The molecule has 8 heteroatoms. The van der Waals surface area contributed by atoms with E-state index in [0.29, 0.717) is 0 Å². The number of fused-ring (bicyclic) bond motifs is 10. The standard InChI is InChI=1S/2C48H30N4/c1-3-12-31(13-4-1)42-28-24-32-22-23-33-25-29-44(50-47(33)46(32)49-42)40-27-26-37(38-18-7-8-19-39(38)40)35-16-11-17-36(30-35)45-41-20-9-10-21-43(41)51-48(52-45)34-14-5-2-6-15-34;1-2-9-31(10-3-1)42-24-18-32-16-17-33-19-26-44(52-48(33)47(32)51-42)41-23-22-38(39-13-4-5-14-40(39)41)36-12-8-11-34(29-36)35-20-25-43-37(30-35)21-27-46(50-43)45-15-6-7-28-49-45/h2*1-30H. The minimum absolute atomic E-state index is 0.719. The lowest BCUT2D eigenvalue weighted by atomic mass is 9.92. The summed E-state index contributed by atoms with van der Waals surface area (Å²) < 4.78 is 0. The molecule has 0 saturated carbocycles. The molecule has 0 N–H and O–H groups in total. The lowest BCUT2D eigenvalue weighted by Gasteiger charge is -2.14. The van der Waals surface area contributed by atoms with E-state index in [4.69, 9.17) is 34.9 Å². The van der Waals surface area contributed by atoms with E-state index < -0.39 is 0 Å². The Morgan fingerprint density at radius 3 is 1.11 bits per heavy atom. The van der Waals surface area contributed by atoms with Crippen LogP contribution in [-0.2, 0) is 0 Å². The van der Waals surface area contributed by atoms with Crippen LogP contribution in [0.5, 0.6) is 0 Å². The number of aromatic nitrogens is 8. The van der Waals surface area contributed by atoms with E-state index in [2.05, 4.69) is 278 Å². The summed E-state index contributed by atoms with van der Waals surface area (Å²) in [5.41, 5.74) is 25.3. The van der Waals surface area contributed by atoms with Crippen molar-refractivity contribution in [2.45, 2.75) is 0 Å². The zero-order valence-electron chi connectivity index (χ0n) is 56.2. The molecule has 0 aliphatic rings. The fourth-order valence-electron chi connectivity index (χ4n) is 14.6. The maximum absolute atomic E-state index is 5.30. The molecular weight excluding hydrogens is 1270 g/mol. The number of hydrogen-bond donors (Lipinski definition) is 0. The zero-order chi connectivity index (χ0) is 68.9. The Morgan fingerprint density at radius 1 is 0.173 bits per heavy atom. The average molecular weight is 1330 g/mol. The molecule has 0 unspecified atom stereocenters. The van der Waals surface area contributed by atoms with Crippen LogP contribution in [0.3, 0.4) is 0 Å². The minimum Gasteiger partial charge on any atom is -0.255 e. The summed E-state index contributed by atoms with van der Waals surface area (Å²) in [5, 5.41) is 11.1. The van der Waals surface area contributed by atoms with E-state index in [0.717, 1.165) is 178 Å². The molecule has 0 bridgehead atoms. The molecule has 0 amide bonds. The Balaban J connectivity index is 0.000000143. The predicted molar refractivity (Wildman–Crippen MR) is 430 cm³/mol. The summed E-state index contributed by atoms with van der Waals surface area (Å²) in [6.07, 6.45) is 1.80. The first kappa shape index (κ1) is 61.0. The second-order valence-electron chi connectivity index (χ2n) is 26.1. The number of pyridine rings is 6. The van der Waals surface area contributed by atoms with Crippen LogP contribution in [0.2, 0.25) is 0 Å². The topological polar surface area (TPSA) is 103 Å². The zero-order valence-corrected chi connectivity index (χ0v) is 56.2. The van der Waals surface area contributed by atoms with Crippen molar-refractivity contribution in [2.24, 2.45) is 0 Å². The average Bonchev–Trinajstić information content (AvgIpc) is 0.759. The van der Waals surface area contributed by atoms with E-state index in [1.807, 2.05) is 84.9 Å². The molecule has 0 saturated heterocycles. The van der Waals surface area contributed by atoms with E-state index in [9.17, 15) is 0 Å². The highest BCUT2D eigenvalue weighted by molar-refractivity contribution is 6.10. The highest BCUT2D eigenvalue weighted by Gasteiger charge is 2.19. The number of para-hydroxylation sites is 1. The number of nitrogens with zero attached hydrogens (tertiary/aromatic N) is 8. The van der Waals surface area contributed by atoms with Gasteiger partial charge in [0.1, 0.15) is 0 Å². The van der Waals surface area contributed by atoms with Crippen molar-refractivity contribution in [1.29, 1.82) is 0 Å². The molecule has 0 aliphatic heterocycles. The first-order valence-corrected chi connectivity index (χ1v) is 34.9. The second-order valence-corrected chi connectivity index (χ2v) is 26.1. The molecule has 7 heterocycles. The van der Waals surface area contributed by atoms with E-state index in [1.165, 1.54) is 21.9 Å². The van der Waals surface area contributed by atoms with Gasteiger partial charge in [-0.1, -0.05) is 285 Å². The summed E-state index contributed by atoms with van der Waals surface area (Å²) in [7, 11) is 0. The van der Waals surface area contributed by atoms with Crippen molar-refractivity contribution in [3.8, 4) is 112 Å². The number of hydrogen-bond acceptors (Lipinski definition) is 8. The summed E-state index contributed by atoms with van der Waals surface area (Å²) in [5.74, 6) is 0.719. The molecule has 20 rings (SSSR count). The lowest BCUT2D eigenvalue weighted by Crippen LogP contribution is -1.95. The minimum atomic E-state index is 0.719. The molecule has 8 nitrogen and oxygen atoms in total. The van der Waals surface area contributed by atoms with Gasteiger partial charge >= 0.3 is 0 Å². The smallest absolute Gasteiger partial charge is 0.160 e. The molecule has 0 radical (unpaired) electrons. The van der Waals surface area contributed by atoms with Gasteiger partial charge in [0.2, 0.25) is 0 Å². The van der Waals surface area contributed by atoms with Crippen LogP contribution in [0.4, 0.5) is 0 Å². The van der Waals surface area contributed by atoms with Gasteiger partial charge in [-0.15, -0.1) is 0 Å². The molecule has 104 heavy (non-hydrogen) atoms. The maximum atomic E-state index is 5.30. The third-order valence-electron chi connectivity index (χ3n) is 19.8. The molecule has 0 atom stereocenters. The predicted octanol–water partition coefficient (Wildman–Crippen LogP) is 24.4. The highest BCUT2D eigenvalue weighted by atomic mass is 14.9. The monoisotopic (exact) mass is 1320 g/mol. The Morgan fingerprint density at radius 2 is 0.567 bits per heavy atom. The Hall–Kier alpha value is -14.1. The molecule has 7 aromatic heterocycles. The quantitative estimate of drug-likeness (QED) is 0.125. The van der Waals surface area contributed by atoms with Crippen LogP contribution < -0.4 is 0 Å². The van der Waals surface area contributed by atoms with Gasteiger partial charge in [0.05, 0.1) is 73.0 Å². The molecule has 0 fully saturated rings. The van der Waals surface area contributed by atoms with Gasteiger partial charge < -0.3 is 0 Å². The molecule has 0 spiro atoms. The van der Waals surface area contributed by atoms with Crippen molar-refractivity contribution in [1.82, 2.24) is 39.9 Å². The molecule has 20 aromatic rings. The van der Waals surface area contributed by atoms with Gasteiger partial charge in [-0.3, -0.25) is 4.98 Å². The van der Waals surface area contributed by atoms with Gasteiger partial charge in [0.25, 0.3) is 0 Å². The Kier molecular flexibility index (Phi) is 15.4. The largest absolute Gasteiger partial charge is 0.255 e. The number of benzene rings is 13. The fraction of sp³-hybridized carbons (Fsp3) is 0. The van der Waals surface area contributed by atoms with Gasteiger partial charge in [0, 0.05) is 71.9 Å². The van der Waals surface area contributed by atoms with Gasteiger partial charge in [0.15, 0.2) is 5.82 Å². The SMILES string of the molecule is c1ccc(-c2ccc3ccc4ccc(-c5ccc(-c6cccc(-c7ccc8nc(-c9ccccn9)ccc8c7)c6)c6ccccc56)nc4c3n2)cc1.c1ccc(-c2ccc3ccc4ccc(-c5ccc(-c6cccc(-c7nc(-c8ccccc8)nc8ccccc78)c6)c6ccccc56)nc4c3n2)cc1. The molecule has 13 aromatic carbocycles. The highest BCUT2D eigenvalue weighted by Crippen LogP contribution is 2.42. The van der Waals surface area contributed by atoms with E-state index in [-0.39, 0.29) is 0 Å². The van der Waals surface area contributed by atoms with Crippen molar-refractivity contribution in [3.63, 3.8) is 0 Å². The summed E-state index contributed by atoms with van der Waals surface area (Å²) in [4.78, 5) is 40.3. The van der Waals surface area contributed by atoms with Crippen molar-refractivity contribution >= 4 is 87.0 Å². The fourth-order valence-corrected chi connectivity index (χ4v) is 14.6. The summed E-state index contributed by atoms with van der Waals surface area (Å²) >= 11 is 0. The van der Waals surface area contributed by atoms with Crippen LogP contribution in [0.1, 0.15) is 0 Å². The van der Waals surface area contributed by atoms with Gasteiger partial charge in [-0.05, 0) is 128 Å². The van der Waals surface area contributed by atoms with Crippen molar-refractivity contribution in [2.75, 3.05) is 0 Å². The molecular formula is C96H60N8. The Labute approximate surface area is 599 Å². The maximum Gasteiger partial charge on any atom is 0.160 e. The van der Waals surface area contributed by atoms with Gasteiger partial charge in [-0.25, -0.2) is 34.9 Å². The van der Waals surface area contributed by atoms with Crippen LogP contribution >= 0.6 is 0 Å². The third kappa shape index (κ3) is 11.4. The number of rotatable bonds is 10. The van der Waals surface area contributed by atoms with Crippen LogP contribution in [0, 0.1) is 0 Å². The molecule has 484 valence electrons. The normalized spacial score (nSPS) is 11.5. The second kappa shape index (κ2) is 26.2. The van der Waals surface area contributed by atoms with Crippen molar-refractivity contribution in [3.05, 3.63) is 364 Å².